The molecule has 90 valence electrons. The molecule has 2 aromatic heterocycles. The van der Waals surface area contributed by atoms with E-state index in [2.05, 4.69) is 25.7 Å². The number of aryl methyl sites for hydroxylation is 2. The molecule has 2 N–H and O–H groups in total. The second-order valence-corrected chi connectivity index (χ2v) is 4.20. The first kappa shape index (κ1) is 11.9. The van der Waals surface area contributed by atoms with E-state index in [4.69, 9.17) is 11.6 Å². The average molecular weight is 252 g/mol. The van der Waals surface area contributed by atoms with Crippen LogP contribution < -0.4 is 5.32 Å². The van der Waals surface area contributed by atoms with E-state index in [1.165, 1.54) is 5.56 Å². The molecule has 0 saturated heterocycles. The molecule has 0 aliphatic carbocycles. The van der Waals surface area contributed by atoms with Crippen LogP contribution in [0.25, 0.3) is 0 Å². The Hall–Kier alpha value is -1.62. The van der Waals surface area contributed by atoms with Crippen LogP contribution >= 0.6 is 11.6 Å². The predicted octanol–water partition coefficient (Wildman–Crippen LogP) is 2.21. The van der Waals surface area contributed by atoms with Crippen molar-refractivity contribution < 1.29 is 0 Å². The molecule has 0 fully saturated rings. The van der Waals surface area contributed by atoms with E-state index in [-0.39, 0.29) is 0 Å². The molecular formula is C11H14ClN5. The third kappa shape index (κ3) is 3.42. The van der Waals surface area contributed by atoms with Crippen molar-refractivity contribution in [3.63, 3.8) is 0 Å². The first-order valence-electron chi connectivity index (χ1n) is 5.46. The first-order chi connectivity index (χ1) is 8.25. The van der Waals surface area contributed by atoms with Crippen LogP contribution in [0.2, 0.25) is 5.15 Å². The number of nitrogens with one attached hydrogen (secondary N) is 2. The standard InChI is InChI=1S/C11H14ClN5/c1-8-9(6-14-16-8)3-2-4-13-10-5-11(12)17-15-7-10/h5-7H,2-4H2,1H3,(H,13,17)(H,14,16). The van der Waals surface area contributed by atoms with Gasteiger partial charge in [0.05, 0.1) is 18.1 Å². The van der Waals surface area contributed by atoms with Crippen molar-refractivity contribution in [2.75, 3.05) is 11.9 Å². The number of hydrogen-bond acceptors (Lipinski definition) is 4. The van der Waals surface area contributed by atoms with E-state index in [1.54, 1.807) is 12.3 Å². The third-order valence-corrected chi connectivity index (χ3v) is 2.70. The summed E-state index contributed by atoms with van der Waals surface area (Å²) >= 11 is 5.73. The largest absolute Gasteiger partial charge is 0.384 e. The second kappa shape index (κ2) is 5.63. The Morgan fingerprint density at radius 3 is 3.00 bits per heavy atom. The molecule has 2 aromatic rings. The minimum absolute atomic E-state index is 0.403. The molecule has 0 atom stereocenters. The lowest BCUT2D eigenvalue weighted by molar-refractivity contribution is 0.855. The van der Waals surface area contributed by atoms with Crippen molar-refractivity contribution in [1.29, 1.82) is 0 Å². The molecule has 0 aliphatic rings. The van der Waals surface area contributed by atoms with Crippen molar-refractivity contribution in [2.45, 2.75) is 19.8 Å². The van der Waals surface area contributed by atoms with Crippen LogP contribution in [0.15, 0.2) is 18.5 Å². The monoisotopic (exact) mass is 251 g/mol. The number of anilines is 1. The topological polar surface area (TPSA) is 66.5 Å². The summed E-state index contributed by atoms with van der Waals surface area (Å²) < 4.78 is 0. The summed E-state index contributed by atoms with van der Waals surface area (Å²) in [7, 11) is 0. The van der Waals surface area contributed by atoms with Gasteiger partial charge in [-0.3, -0.25) is 5.10 Å². The van der Waals surface area contributed by atoms with E-state index in [9.17, 15) is 0 Å². The summed E-state index contributed by atoms with van der Waals surface area (Å²) in [6.45, 7) is 2.90. The Kier molecular flexibility index (Phi) is 3.93. The fourth-order valence-corrected chi connectivity index (χ4v) is 1.74. The zero-order chi connectivity index (χ0) is 12.1. The van der Waals surface area contributed by atoms with Gasteiger partial charge >= 0.3 is 0 Å². The molecule has 0 bridgehead atoms. The summed E-state index contributed by atoms with van der Waals surface area (Å²) in [4.78, 5) is 0. The minimum atomic E-state index is 0.403. The van der Waals surface area contributed by atoms with Gasteiger partial charge in [0.15, 0.2) is 5.15 Å². The highest BCUT2D eigenvalue weighted by atomic mass is 35.5. The molecule has 2 heterocycles. The van der Waals surface area contributed by atoms with Crippen LogP contribution in [0.5, 0.6) is 0 Å². The zero-order valence-electron chi connectivity index (χ0n) is 9.57. The Labute approximate surface area is 105 Å². The van der Waals surface area contributed by atoms with Gasteiger partial charge in [-0.1, -0.05) is 11.6 Å². The third-order valence-electron chi connectivity index (χ3n) is 2.51. The van der Waals surface area contributed by atoms with E-state index in [0.29, 0.717) is 5.15 Å². The zero-order valence-corrected chi connectivity index (χ0v) is 10.3. The number of rotatable bonds is 5. The number of aromatic amines is 1. The van der Waals surface area contributed by atoms with Gasteiger partial charge in [0, 0.05) is 18.3 Å². The molecule has 0 unspecified atom stereocenters. The summed E-state index contributed by atoms with van der Waals surface area (Å²) in [5.74, 6) is 0. The average Bonchev–Trinajstić information content (AvgIpc) is 2.71. The Balaban J connectivity index is 1.75. The van der Waals surface area contributed by atoms with Crippen molar-refractivity contribution in [2.24, 2.45) is 0 Å². The SMILES string of the molecule is Cc1[nH]ncc1CCCNc1cnnc(Cl)c1. The Bertz CT molecular complexity index is 482. The number of hydrogen-bond donors (Lipinski definition) is 2. The molecule has 0 aromatic carbocycles. The van der Waals surface area contributed by atoms with Crippen LogP contribution in [0, 0.1) is 6.92 Å². The lowest BCUT2D eigenvalue weighted by Crippen LogP contribution is -2.03. The van der Waals surface area contributed by atoms with Crippen molar-refractivity contribution >= 4 is 17.3 Å². The lowest BCUT2D eigenvalue weighted by Gasteiger charge is -2.05. The van der Waals surface area contributed by atoms with Crippen molar-refractivity contribution in [3.8, 4) is 0 Å². The summed E-state index contributed by atoms with van der Waals surface area (Å²) in [5.41, 5.74) is 3.30. The maximum Gasteiger partial charge on any atom is 0.153 e. The van der Waals surface area contributed by atoms with Gasteiger partial charge in [-0.05, 0) is 25.3 Å². The maximum absolute atomic E-state index is 5.73. The van der Waals surface area contributed by atoms with E-state index in [0.717, 1.165) is 30.8 Å². The Morgan fingerprint density at radius 2 is 2.29 bits per heavy atom. The molecule has 0 spiro atoms. The molecule has 2 rings (SSSR count). The minimum Gasteiger partial charge on any atom is -0.384 e. The molecular weight excluding hydrogens is 238 g/mol. The first-order valence-corrected chi connectivity index (χ1v) is 5.84. The normalized spacial score (nSPS) is 10.5. The Morgan fingerprint density at radius 1 is 1.41 bits per heavy atom. The highest BCUT2D eigenvalue weighted by Gasteiger charge is 2.00. The molecule has 0 saturated carbocycles. The van der Waals surface area contributed by atoms with Gasteiger partial charge in [-0.15, -0.1) is 5.10 Å². The van der Waals surface area contributed by atoms with Crippen molar-refractivity contribution in [1.82, 2.24) is 20.4 Å². The van der Waals surface area contributed by atoms with Gasteiger partial charge < -0.3 is 5.32 Å². The fraction of sp³-hybridized carbons (Fsp3) is 0.364. The predicted molar refractivity (Wildman–Crippen MR) is 67.2 cm³/mol. The van der Waals surface area contributed by atoms with Crippen LogP contribution in [-0.4, -0.2) is 26.9 Å². The lowest BCUT2D eigenvalue weighted by atomic mass is 10.1. The second-order valence-electron chi connectivity index (χ2n) is 3.82. The molecule has 6 heteroatoms. The van der Waals surface area contributed by atoms with Gasteiger partial charge in [-0.2, -0.15) is 10.2 Å². The molecule has 17 heavy (non-hydrogen) atoms. The van der Waals surface area contributed by atoms with Crippen molar-refractivity contribution in [3.05, 3.63) is 34.9 Å². The number of halogens is 1. The quantitative estimate of drug-likeness (QED) is 0.800. The van der Waals surface area contributed by atoms with Gasteiger partial charge in [0.2, 0.25) is 0 Å². The molecule has 0 amide bonds. The smallest absolute Gasteiger partial charge is 0.153 e. The van der Waals surface area contributed by atoms with Crippen LogP contribution in [-0.2, 0) is 6.42 Å². The summed E-state index contributed by atoms with van der Waals surface area (Å²) in [6.07, 6.45) is 5.57. The van der Waals surface area contributed by atoms with E-state index >= 15 is 0 Å². The number of aromatic nitrogens is 4. The number of nitrogens with zero attached hydrogens (tertiary/aromatic N) is 3. The molecule has 0 radical (unpaired) electrons. The maximum atomic E-state index is 5.73. The van der Waals surface area contributed by atoms with Gasteiger partial charge in [-0.25, -0.2) is 0 Å². The summed E-state index contributed by atoms with van der Waals surface area (Å²) in [6, 6.07) is 1.76. The number of H-pyrrole nitrogens is 1. The molecule has 5 nitrogen and oxygen atoms in total. The summed E-state index contributed by atoms with van der Waals surface area (Å²) in [5, 5.41) is 18.0. The van der Waals surface area contributed by atoms with Crippen LogP contribution in [0.3, 0.4) is 0 Å². The van der Waals surface area contributed by atoms with Gasteiger partial charge in [0.25, 0.3) is 0 Å². The van der Waals surface area contributed by atoms with Crippen LogP contribution in [0.1, 0.15) is 17.7 Å². The van der Waals surface area contributed by atoms with E-state index < -0.39 is 0 Å². The van der Waals surface area contributed by atoms with E-state index in [1.807, 2.05) is 13.1 Å². The highest BCUT2D eigenvalue weighted by Crippen LogP contribution is 2.11. The highest BCUT2D eigenvalue weighted by molar-refractivity contribution is 6.29. The van der Waals surface area contributed by atoms with Crippen LogP contribution in [0.4, 0.5) is 5.69 Å². The fourth-order valence-electron chi connectivity index (χ4n) is 1.58. The van der Waals surface area contributed by atoms with Gasteiger partial charge in [0.1, 0.15) is 0 Å². The molecule has 0 aliphatic heterocycles.